The van der Waals surface area contributed by atoms with Gasteiger partial charge in [-0.2, -0.15) is 0 Å². The lowest BCUT2D eigenvalue weighted by atomic mass is 10.1. The zero-order valence-corrected chi connectivity index (χ0v) is 9.22. The quantitative estimate of drug-likeness (QED) is 0.700. The molecule has 3 aromatic rings. The molecule has 17 heavy (non-hydrogen) atoms. The molecule has 0 aliphatic heterocycles. The summed E-state index contributed by atoms with van der Waals surface area (Å²) in [6.45, 7) is 0.501. The van der Waals surface area contributed by atoms with Crippen molar-refractivity contribution in [2.24, 2.45) is 5.73 Å². The van der Waals surface area contributed by atoms with Gasteiger partial charge in [-0.05, 0) is 23.8 Å². The van der Waals surface area contributed by atoms with Crippen LogP contribution in [0.15, 0.2) is 43.0 Å². The molecule has 0 aromatic carbocycles. The standard InChI is InChI=1S/C13H12N4/c14-5-9-4-10(7-15-6-9)12-8-17-13-11(12)2-1-3-16-13/h1-4,6-8H,5,14H2,(H,16,17). The predicted octanol–water partition coefficient (Wildman–Crippen LogP) is 2.08. The third-order valence-corrected chi connectivity index (χ3v) is 2.79. The molecule has 84 valence electrons. The van der Waals surface area contributed by atoms with Crippen LogP contribution in [0.1, 0.15) is 5.56 Å². The molecule has 0 radical (unpaired) electrons. The van der Waals surface area contributed by atoms with E-state index in [4.69, 9.17) is 5.73 Å². The molecule has 0 fully saturated rings. The second kappa shape index (κ2) is 3.99. The molecule has 4 heteroatoms. The number of pyridine rings is 2. The summed E-state index contributed by atoms with van der Waals surface area (Å²) in [6, 6.07) is 6.03. The van der Waals surface area contributed by atoms with Crippen LogP contribution in [0, 0.1) is 0 Å². The van der Waals surface area contributed by atoms with Crippen LogP contribution >= 0.6 is 0 Å². The Labute approximate surface area is 98.5 Å². The van der Waals surface area contributed by atoms with E-state index in [1.807, 2.05) is 24.5 Å². The highest BCUT2D eigenvalue weighted by Crippen LogP contribution is 2.27. The van der Waals surface area contributed by atoms with Crippen LogP contribution < -0.4 is 5.73 Å². The van der Waals surface area contributed by atoms with Gasteiger partial charge in [-0.3, -0.25) is 4.98 Å². The first kappa shape index (κ1) is 9.99. The molecule has 0 aliphatic carbocycles. The third-order valence-electron chi connectivity index (χ3n) is 2.79. The van der Waals surface area contributed by atoms with Gasteiger partial charge in [0.2, 0.25) is 0 Å². The van der Waals surface area contributed by atoms with Gasteiger partial charge in [0.25, 0.3) is 0 Å². The fourth-order valence-electron chi connectivity index (χ4n) is 1.94. The lowest BCUT2D eigenvalue weighted by Crippen LogP contribution is -1.96. The van der Waals surface area contributed by atoms with Gasteiger partial charge in [0, 0.05) is 47.8 Å². The number of aromatic amines is 1. The molecule has 3 N–H and O–H groups in total. The Morgan fingerprint density at radius 3 is 3.12 bits per heavy atom. The van der Waals surface area contributed by atoms with Crippen LogP contribution in [-0.4, -0.2) is 15.0 Å². The maximum Gasteiger partial charge on any atom is 0.137 e. The van der Waals surface area contributed by atoms with Gasteiger partial charge in [0.05, 0.1) is 0 Å². The van der Waals surface area contributed by atoms with Crippen molar-refractivity contribution in [2.45, 2.75) is 6.54 Å². The van der Waals surface area contributed by atoms with Crippen LogP contribution in [0.2, 0.25) is 0 Å². The van der Waals surface area contributed by atoms with Crippen LogP contribution in [0.25, 0.3) is 22.2 Å². The Balaban J connectivity index is 2.20. The Hall–Kier alpha value is -2.20. The number of rotatable bonds is 2. The van der Waals surface area contributed by atoms with E-state index >= 15 is 0 Å². The Morgan fingerprint density at radius 1 is 1.29 bits per heavy atom. The van der Waals surface area contributed by atoms with Crippen molar-refractivity contribution in [1.29, 1.82) is 0 Å². The number of aromatic nitrogens is 3. The normalized spacial score (nSPS) is 10.9. The highest BCUT2D eigenvalue weighted by atomic mass is 14.8. The Kier molecular flexibility index (Phi) is 2.34. The lowest BCUT2D eigenvalue weighted by molar-refractivity contribution is 1.05. The SMILES string of the molecule is NCc1cncc(-c2c[nH]c3ncccc23)c1. The van der Waals surface area contributed by atoms with Crippen molar-refractivity contribution < 1.29 is 0 Å². The Bertz CT molecular complexity index is 657. The lowest BCUT2D eigenvalue weighted by Gasteiger charge is -2.01. The van der Waals surface area contributed by atoms with E-state index in [0.717, 1.165) is 27.7 Å². The molecular formula is C13H12N4. The Morgan fingerprint density at radius 2 is 2.24 bits per heavy atom. The minimum absolute atomic E-state index is 0.501. The minimum Gasteiger partial charge on any atom is -0.346 e. The van der Waals surface area contributed by atoms with E-state index in [2.05, 4.69) is 21.0 Å². The molecule has 0 unspecified atom stereocenters. The van der Waals surface area contributed by atoms with Crippen LogP contribution in [0.3, 0.4) is 0 Å². The first-order valence-corrected chi connectivity index (χ1v) is 5.45. The molecule has 0 spiro atoms. The molecule has 3 aromatic heterocycles. The zero-order chi connectivity index (χ0) is 11.7. The molecule has 0 amide bonds. The maximum atomic E-state index is 5.62. The molecular weight excluding hydrogens is 212 g/mol. The fraction of sp³-hybridized carbons (Fsp3) is 0.0769. The van der Waals surface area contributed by atoms with Crippen molar-refractivity contribution in [3.8, 4) is 11.1 Å². The molecule has 0 bridgehead atoms. The van der Waals surface area contributed by atoms with Crippen molar-refractivity contribution in [2.75, 3.05) is 0 Å². The van der Waals surface area contributed by atoms with E-state index in [9.17, 15) is 0 Å². The summed E-state index contributed by atoms with van der Waals surface area (Å²) in [5.41, 5.74) is 9.71. The maximum absolute atomic E-state index is 5.62. The number of fused-ring (bicyclic) bond motifs is 1. The number of hydrogen-bond acceptors (Lipinski definition) is 3. The summed E-state index contributed by atoms with van der Waals surface area (Å²) >= 11 is 0. The number of H-pyrrole nitrogens is 1. The predicted molar refractivity (Wildman–Crippen MR) is 67.2 cm³/mol. The average molecular weight is 224 g/mol. The van der Waals surface area contributed by atoms with Crippen LogP contribution in [0.5, 0.6) is 0 Å². The van der Waals surface area contributed by atoms with E-state index in [1.165, 1.54) is 0 Å². The molecule has 4 nitrogen and oxygen atoms in total. The van der Waals surface area contributed by atoms with Gasteiger partial charge in [-0.15, -0.1) is 0 Å². The van der Waals surface area contributed by atoms with Gasteiger partial charge in [0.1, 0.15) is 5.65 Å². The van der Waals surface area contributed by atoms with Crippen molar-refractivity contribution in [3.63, 3.8) is 0 Å². The summed E-state index contributed by atoms with van der Waals surface area (Å²) in [4.78, 5) is 11.6. The topological polar surface area (TPSA) is 67.6 Å². The van der Waals surface area contributed by atoms with Crippen molar-refractivity contribution >= 4 is 11.0 Å². The van der Waals surface area contributed by atoms with Crippen molar-refractivity contribution in [3.05, 3.63) is 48.5 Å². The summed E-state index contributed by atoms with van der Waals surface area (Å²) in [6.07, 6.45) is 7.36. The number of nitrogens with two attached hydrogens (primary N) is 1. The third kappa shape index (κ3) is 1.68. The van der Waals surface area contributed by atoms with Crippen molar-refractivity contribution in [1.82, 2.24) is 15.0 Å². The molecule has 3 heterocycles. The first-order chi connectivity index (χ1) is 8.38. The summed E-state index contributed by atoms with van der Waals surface area (Å²) in [5.74, 6) is 0. The molecule has 0 atom stereocenters. The minimum atomic E-state index is 0.501. The summed E-state index contributed by atoms with van der Waals surface area (Å²) in [7, 11) is 0. The van der Waals surface area contributed by atoms with Crippen LogP contribution in [-0.2, 0) is 6.54 Å². The van der Waals surface area contributed by atoms with Gasteiger partial charge < -0.3 is 10.7 Å². The largest absolute Gasteiger partial charge is 0.346 e. The number of nitrogens with one attached hydrogen (secondary N) is 1. The molecule has 0 saturated carbocycles. The first-order valence-electron chi connectivity index (χ1n) is 5.45. The smallest absolute Gasteiger partial charge is 0.137 e. The summed E-state index contributed by atoms with van der Waals surface area (Å²) in [5, 5.41) is 1.10. The highest BCUT2D eigenvalue weighted by Gasteiger charge is 2.06. The number of nitrogens with zero attached hydrogens (tertiary/aromatic N) is 2. The number of hydrogen-bond donors (Lipinski definition) is 2. The second-order valence-corrected chi connectivity index (χ2v) is 3.89. The van der Waals surface area contributed by atoms with E-state index in [-0.39, 0.29) is 0 Å². The molecule has 3 rings (SSSR count). The fourth-order valence-corrected chi connectivity index (χ4v) is 1.94. The second-order valence-electron chi connectivity index (χ2n) is 3.89. The van der Waals surface area contributed by atoms with Gasteiger partial charge >= 0.3 is 0 Å². The summed E-state index contributed by atoms with van der Waals surface area (Å²) < 4.78 is 0. The average Bonchev–Trinajstić information content (AvgIpc) is 2.82. The van der Waals surface area contributed by atoms with E-state index in [1.54, 1.807) is 12.4 Å². The molecule has 0 aliphatic rings. The highest BCUT2D eigenvalue weighted by molar-refractivity contribution is 5.93. The van der Waals surface area contributed by atoms with Gasteiger partial charge in [-0.25, -0.2) is 4.98 Å². The monoisotopic (exact) mass is 224 g/mol. The van der Waals surface area contributed by atoms with E-state index in [0.29, 0.717) is 6.54 Å². The van der Waals surface area contributed by atoms with Gasteiger partial charge in [-0.1, -0.05) is 0 Å². The zero-order valence-electron chi connectivity index (χ0n) is 9.22. The van der Waals surface area contributed by atoms with E-state index < -0.39 is 0 Å². The van der Waals surface area contributed by atoms with Crippen LogP contribution in [0.4, 0.5) is 0 Å². The molecule has 0 saturated heterocycles. The van der Waals surface area contributed by atoms with Gasteiger partial charge in [0.15, 0.2) is 0 Å².